The fourth-order valence-corrected chi connectivity index (χ4v) is 10.7. The summed E-state index contributed by atoms with van der Waals surface area (Å²) in [5, 5.41) is 0. The Balaban J connectivity index is 0.994. The molecule has 0 saturated heterocycles. The molecule has 0 aliphatic heterocycles. The van der Waals surface area contributed by atoms with Crippen molar-refractivity contribution in [1.29, 1.82) is 0 Å². The van der Waals surface area contributed by atoms with E-state index in [-0.39, 0.29) is 0 Å². The van der Waals surface area contributed by atoms with Crippen molar-refractivity contribution >= 4 is 0 Å². The molecule has 11 aromatic rings. The molecule has 1 aromatic heterocycles. The molecule has 10 aromatic carbocycles. The lowest BCUT2D eigenvalue weighted by atomic mass is 9.70. The van der Waals surface area contributed by atoms with Gasteiger partial charge in [-0.15, -0.1) is 0 Å². The van der Waals surface area contributed by atoms with E-state index in [0.29, 0.717) is 17.5 Å². The van der Waals surface area contributed by atoms with Gasteiger partial charge in [-0.2, -0.15) is 0 Å². The zero-order valence-corrected chi connectivity index (χ0v) is 36.5. The van der Waals surface area contributed by atoms with Gasteiger partial charge >= 0.3 is 0 Å². The van der Waals surface area contributed by atoms with Gasteiger partial charge in [0.1, 0.15) is 0 Å². The first-order chi connectivity index (χ1) is 33.2. The molecule has 0 N–H and O–H groups in total. The van der Waals surface area contributed by atoms with Crippen LogP contribution in [0.4, 0.5) is 0 Å². The molecule has 2 aliphatic carbocycles. The number of rotatable bonds is 7. The highest BCUT2D eigenvalue weighted by Crippen LogP contribution is 2.63. The zero-order valence-electron chi connectivity index (χ0n) is 36.5. The Morgan fingerprint density at radius 1 is 0.194 bits per heavy atom. The molecule has 3 heteroatoms. The second-order valence-corrected chi connectivity index (χ2v) is 17.5. The van der Waals surface area contributed by atoms with E-state index in [0.717, 1.165) is 33.4 Å². The van der Waals surface area contributed by atoms with Crippen molar-refractivity contribution in [1.82, 2.24) is 15.0 Å². The molecule has 1 heterocycles. The third kappa shape index (κ3) is 6.31. The summed E-state index contributed by atoms with van der Waals surface area (Å²) in [5.41, 5.74) is 22.1. The first-order valence-corrected chi connectivity index (χ1v) is 22.9. The molecule has 0 fully saturated rings. The Labute approximate surface area is 390 Å². The predicted octanol–water partition coefficient (Wildman–Crippen LogP) is 15.9. The zero-order chi connectivity index (χ0) is 44.3. The van der Waals surface area contributed by atoms with E-state index in [9.17, 15) is 0 Å². The lowest BCUT2D eigenvalue weighted by Crippen LogP contribution is -2.25. The lowest BCUT2D eigenvalue weighted by molar-refractivity contribution is 0.794. The molecular formula is C64H41N3. The molecule has 0 saturated carbocycles. The maximum absolute atomic E-state index is 5.07. The van der Waals surface area contributed by atoms with E-state index in [2.05, 4.69) is 188 Å². The van der Waals surface area contributed by atoms with Crippen LogP contribution in [-0.2, 0) is 5.41 Å². The number of benzene rings is 10. The third-order valence-electron chi connectivity index (χ3n) is 13.8. The van der Waals surface area contributed by atoms with E-state index in [1.807, 2.05) is 60.7 Å². The monoisotopic (exact) mass is 851 g/mol. The quantitative estimate of drug-likeness (QED) is 0.160. The minimum atomic E-state index is -0.461. The molecular weight excluding hydrogens is 811 g/mol. The summed E-state index contributed by atoms with van der Waals surface area (Å²) in [6.07, 6.45) is 0. The normalized spacial score (nSPS) is 12.6. The standard InChI is InChI=1S/C64H41N3/c1-4-18-42(19-5-1)43-34-36-44(37-35-43)54-40-56-53-30-12-15-33-59(53)64(57-31-13-10-28-51(57)52-29-11-14-32-58(52)64)60(56)41-55(54)49-26-16-24-47(38-49)48-25-17-27-50(39-48)63-66-61(45-20-6-2-7-21-45)65-62(67-63)46-22-8-3-9-23-46/h1-41H. The maximum atomic E-state index is 5.07. The van der Waals surface area contributed by atoms with E-state index in [1.54, 1.807) is 0 Å². The third-order valence-corrected chi connectivity index (χ3v) is 13.8. The Morgan fingerprint density at radius 3 is 1.09 bits per heavy atom. The molecule has 13 rings (SSSR count). The molecule has 312 valence electrons. The number of hydrogen-bond acceptors (Lipinski definition) is 3. The average molecular weight is 852 g/mol. The van der Waals surface area contributed by atoms with Crippen LogP contribution in [0.15, 0.2) is 249 Å². The van der Waals surface area contributed by atoms with Crippen molar-refractivity contribution < 1.29 is 0 Å². The minimum absolute atomic E-state index is 0.461. The van der Waals surface area contributed by atoms with Crippen molar-refractivity contribution in [3.05, 3.63) is 271 Å². The van der Waals surface area contributed by atoms with Crippen LogP contribution in [0.1, 0.15) is 22.3 Å². The van der Waals surface area contributed by atoms with Gasteiger partial charge in [0.2, 0.25) is 0 Å². The van der Waals surface area contributed by atoms with Crippen LogP contribution < -0.4 is 0 Å². The fraction of sp³-hybridized carbons (Fsp3) is 0.0156. The van der Waals surface area contributed by atoms with Crippen molar-refractivity contribution in [3.8, 4) is 101 Å². The van der Waals surface area contributed by atoms with E-state index < -0.39 is 5.41 Å². The Morgan fingerprint density at radius 2 is 0.552 bits per heavy atom. The first-order valence-electron chi connectivity index (χ1n) is 22.9. The molecule has 3 nitrogen and oxygen atoms in total. The largest absolute Gasteiger partial charge is 0.208 e. The van der Waals surface area contributed by atoms with Crippen LogP contribution in [0.2, 0.25) is 0 Å². The van der Waals surface area contributed by atoms with E-state index >= 15 is 0 Å². The SMILES string of the molecule is c1ccc(-c2ccc(-c3cc4c(cc3-c3cccc(-c5cccc(-c6nc(-c7ccccc7)nc(-c7ccccc7)n6)c5)c3)C3(c5ccccc5-c5ccccc53)c3ccccc3-4)cc2)cc1. The van der Waals surface area contributed by atoms with Crippen LogP contribution in [0, 0.1) is 0 Å². The second-order valence-electron chi connectivity index (χ2n) is 17.5. The van der Waals surface area contributed by atoms with Gasteiger partial charge in [0, 0.05) is 16.7 Å². The average Bonchev–Trinajstić information content (AvgIpc) is 3.88. The highest BCUT2D eigenvalue weighted by Gasteiger charge is 2.51. The van der Waals surface area contributed by atoms with Gasteiger partial charge in [0.15, 0.2) is 17.5 Å². The molecule has 2 aliphatic rings. The van der Waals surface area contributed by atoms with Gasteiger partial charge in [-0.05, 0) is 113 Å². The molecule has 0 bridgehead atoms. The topological polar surface area (TPSA) is 38.7 Å². The molecule has 0 radical (unpaired) electrons. The Kier molecular flexibility index (Phi) is 9.07. The van der Waals surface area contributed by atoms with Crippen LogP contribution in [0.25, 0.3) is 101 Å². The van der Waals surface area contributed by atoms with E-state index in [4.69, 9.17) is 15.0 Å². The highest BCUT2D eigenvalue weighted by atomic mass is 15.0. The number of hydrogen-bond donors (Lipinski definition) is 0. The van der Waals surface area contributed by atoms with Crippen LogP contribution in [-0.4, -0.2) is 15.0 Å². The van der Waals surface area contributed by atoms with Gasteiger partial charge in [-0.1, -0.05) is 224 Å². The number of aromatic nitrogens is 3. The summed E-state index contributed by atoms with van der Waals surface area (Å²) in [7, 11) is 0. The van der Waals surface area contributed by atoms with Gasteiger partial charge in [0.05, 0.1) is 5.41 Å². The van der Waals surface area contributed by atoms with Gasteiger partial charge < -0.3 is 0 Å². The predicted molar refractivity (Wildman–Crippen MR) is 274 cm³/mol. The minimum Gasteiger partial charge on any atom is -0.208 e. The summed E-state index contributed by atoms with van der Waals surface area (Å²) in [4.78, 5) is 15.1. The number of fused-ring (bicyclic) bond motifs is 10. The van der Waals surface area contributed by atoms with Gasteiger partial charge in [-0.25, -0.2) is 15.0 Å². The summed E-state index contributed by atoms with van der Waals surface area (Å²) in [6, 6.07) is 89.8. The van der Waals surface area contributed by atoms with Crippen LogP contribution >= 0.6 is 0 Å². The summed E-state index contributed by atoms with van der Waals surface area (Å²) < 4.78 is 0. The molecule has 1 spiro atoms. The highest BCUT2D eigenvalue weighted by molar-refractivity contribution is 5.99. The Hall–Kier alpha value is -8.79. The molecule has 0 atom stereocenters. The first kappa shape index (κ1) is 38.6. The van der Waals surface area contributed by atoms with Crippen LogP contribution in [0.3, 0.4) is 0 Å². The van der Waals surface area contributed by atoms with Gasteiger partial charge in [-0.3, -0.25) is 0 Å². The van der Waals surface area contributed by atoms with Crippen molar-refractivity contribution in [2.45, 2.75) is 5.41 Å². The molecule has 0 unspecified atom stereocenters. The van der Waals surface area contributed by atoms with Crippen LogP contribution in [0.5, 0.6) is 0 Å². The number of nitrogens with zero attached hydrogens (tertiary/aromatic N) is 3. The van der Waals surface area contributed by atoms with Crippen molar-refractivity contribution in [3.63, 3.8) is 0 Å². The molecule has 67 heavy (non-hydrogen) atoms. The second kappa shape index (κ2) is 15.7. The lowest BCUT2D eigenvalue weighted by Gasteiger charge is -2.31. The fourth-order valence-electron chi connectivity index (χ4n) is 10.7. The van der Waals surface area contributed by atoms with E-state index in [1.165, 1.54) is 72.3 Å². The molecule has 0 amide bonds. The summed E-state index contributed by atoms with van der Waals surface area (Å²) in [6.45, 7) is 0. The summed E-state index contributed by atoms with van der Waals surface area (Å²) in [5.74, 6) is 1.92. The van der Waals surface area contributed by atoms with Crippen molar-refractivity contribution in [2.24, 2.45) is 0 Å². The van der Waals surface area contributed by atoms with Gasteiger partial charge in [0.25, 0.3) is 0 Å². The summed E-state index contributed by atoms with van der Waals surface area (Å²) >= 11 is 0. The van der Waals surface area contributed by atoms with Crippen molar-refractivity contribution in [2.75, 3.05) is 0 Å². The Bertz CT molecular complexity index is 3570. The smallest absolute Gasteiger partial charge is 0.164 e. The maximum Gasteiger partial charge on any atom is 0.164 e.